The molecule has 1 aromatic carbocycles. The number of amides is 2. The lowest BCUT2D eigenvalue weighted by molar-refractivity contribution is -0.0891. The molecule has 1 saturated heterocycles. The van der Waals surface area contributed by atoms with Crippen LogP contribution >= 0.6 is 0 Å². The summed E-state index contributed by atoms with van der Waals surface area (Å²) in [5, 5.41) is 3.08. The van der Waals surface area contributed by atoms with Gasteiger partial charge in [-0.15, -0.1) is 0 Å². The Labute approximate surface area is 140 Å². The second-order valence-electron chi connectivity index (χ2n) is 6.31. The highest BCUT2D eigenvalue weighted by atomic mass is 16.5. The summed E-state index contributed by atoms with van der Waals surface area (Å²) in [5.74, 6) is 1.39. The molecule has 3 heterocycles. The number of pyridine rings is 1. The number of fused-ring (bicyclic) bond motifs is 4. The molecule has 1 fully saturated rings. The van der Waals surface area contributed by atoms with E-state index in [0.29, 0.717) is 24.5 Å². The predicted molar refractivity (Wildman–Crippen MR) is 87.7 cm³/mol. The average Bonchev–Trinajstić information content (AvgIpc) is 2.59. The predicted octanol–water partition coefficient (Wildman–Crippen LogP) is 2.86. The van der Waals surface area contributed by atoms with E-state index in [2.05, 4.69) is 10.3 Å². The van der Waals surface area contributed by atoms with Crippen molar-refractivity contribution in [1.29, 1.82) is 0 Å². The number of benzene rings is 1. The summed E-state index contributed by atoms with van der Waals surface area (Å²) in [4.78, 5) is 18.5. The topological polar surface area (TPSA) is 63.7 Å². The Kier molecular flexibility index (Phi) is 3.33. The largest absolute Gasteiger partial charge is 0.493 e. The zero-order valence-corrected chi connectivity index (χ0v) is 13.7. The van der Waals surface area contributed by atoms with E-state index in [1.165, 1.54) is 0 Å². The van der Waals surface area contributed by atoms with Gasteiger partial charge in [0.2, 0.25) is 0 Å². The van der Waals surface area contributed by atoms with Crippen molar-refractivity contribution in [3.63, 3.8) is 0 Å². The van der Waals surface area contributed by atoms with Gasteiger partial charge in [0.15, 0.2) is 17.2 Å². The zero-order chi connectivity index (χ0) is 16.7. The van der Waals surface area contributed by atoms with Crippen LogP contribution in [-0.4, -0.2) is 28.7 Å². The molecule has 2 aliphatic heterocycles. The van der Waals surface area contributed by atoms with Crippen LogP contribution in [0.2, 0.25) is 0 Å². The van der Waals surface area contributed by atoms with Crippen molar-refractivity contribution in [3.05, 3.63) is 53.9 Å². The van der Waals surface area contributed by atoms with Crippen molar-refractivity contribution in [2.45, 2.75) is 31.7 Å². The van der Waals surface area contributed by atoms with Crippen molar-refractivity contribution in [1.82, 2.24) is 15.2 Å². The van der Waals surface area contributed by atoms with Gasteiger partial charge in [-0.05, 0) is 24.6 Å². The third-order valence-electron chi connectivity index (χ3n) is 4.69. The summed E-state index contributed by atoms with van der Waals surface area (Å²) in [5.41, 5.74) is 1.19. The third-order valence-corrected chi connectivity index (χ3v) is 4.69. The number of carbonyl (C=O) groups is 1. The van der Waals surface area contributed by atoms with Crippen LogP contribution in [-0.2, 0) is 6.54 Å². The highest BCUT2D eigenvalue weighted by Gasteiger charge is 2.49. The number of urea groups is 1. The summed E-state index contributed by atoms with van der Waals surface area (Å²) >= 11 is 0. The van der Waals surface area contributed by atoms with Crippen LogP contribution in [0.1, 0.15) is 30.5 Å². The standard InChI is InChI=1S/C18H19N3O3/c1-18-9-14(13-6-3-7-15(23-2)16(13)24-18)20-17(22)21(18)11-12-5-4-8-19-10-12/h3-8,10,14H,9,11H2,1-2H3,(H,20,22). The number of carbonyl (C=O) groups excluding carboxylic acids is 1. The van der Waals surface area contributed by atoms with Gasteiger partial charge in [-0.1, -0.05) is 18.2 Å². The molecule has 1 aromatic heterocycles. The molecule has 1 N–H and O–H groups in total. The van der Waals surface area contributed by atoms with E-state index >= 15 is 0 Å². The van der Waals surface area contributed by atoms with Crippen molar-refractivity contribution < 1.29 is 14.3 Å². The maximum Gasteiger partial charge on any atom is 0.321 e. The summed E-state index contributed by atoms with van der Waals surface area (Å²) in [6, 6.07) is 9.36. The first-order chi connectivity index (χ1) is 11.6. The first-order valence-corrected chi connectivity index (χ1v) is 7.94. The van der Waals surface area contributed by atoms with Crippen molar-refractivity contribution >= 4 is 6.03 Å². The average molecular weight is 325 g/mol. The number of nitrogens with one attached hydrogen (secondary N) is 1. The van der Waals surface area contributed by atoms with Gasteiger partial charge in [-0.2, -0.15) is 0 Å². The van der Waals surface area contributed by atoms with Crippen LogP contribution in [0.3, 0.4) is 0 Å². The number of nitrogens with zero attached hydrogens (tertiary/aromatic N) is 2. The van der Waals surface area contributed by atoms with E-state index in [-0.39, 0.29) is 12.1 Å². The number of hydrogen-bond donors (Lipinski definition) is 1. The SMILES string of the molecule is COc1cccc2c1OC1(C)CC2NC(=O)N1Cc1cccnc1. The van der Waals surface area contributed by atoms with Crippen LogP contribution in [0.5, 0.6) is 11.5 Å². The summed E-state index contributed by atoms with van der Waals surface area (Å²) < 4.78 is 11.7. The van der Waals surface area contributed by atoms with Crippen LogP contribution < -0.4 is 14.8 Å². The van der Waals surface area contributed by atoms with E-state index in [9.17, 15) is 4.79 Å². The Morgan fingerprint density at radius 2 is 2.29 bits per heavy atom. The Morgan fingerprint density at radius 1 is 1.42 bits per heavy atom. The van der Waals surface area contributed by atoms with Crippen LogP contribution in [0.15, 0.2) is 42.7 Å². The zero-order valence-electron chi connectivity index (χ0n) is 13.7. The van der Waals surface area contributed by atoms with Crippen LogP contribution in [0.25, 0.3) is 0 Å². The lowest BCUT2D eigenvalue weighted by Crippen LogP contribution is -2.64. The van der Waals surface area contributed by atoms with Gasteiger partial charge in [0.1, 0.15) is 0 Å². The normalized spacial score (nSPS) is 24.7. The monoisotopic (exact) mass is 325 g/mol. The highest BCUT2D eigenvalue weighted by Crippen LogP contribution is 2.48. The molecule has 6 heteroatoms. The number of methoxy groups -OCH3 is 1. The molecule has 2 amide bonds. The van der Waals surface area contributed by atoms with Gasteiger partial charge in [0, 0.05) is 24.4 Å². The first kappa shape index (κ1) is 14.8. The molecule has 4 rings (SSSR count). The molecule has 124 valence electrons. The molecular formula is C18H19N3O3. The van der Waals surface area contributed by atoms with Crippen molar-refractivity contribution in [2.75, 3.05) is 7.11 Å². The van der Waals surface area contributed by atoms with E-state index in [1.54, 1.807) is 24.4 Å². The minimum absolute atomic E-state index is 0.0773. The summed E-state index contributed by atoms with van der Waals surface area (Å²) in [7, 11) is 1.62. The van der Waals surface area contributed by atoms with Gasteiger partial charge in [-0.3, -0.25) is 9.88 Å². The molecule has 2 unspecified atom stereocenters. The molecule has 0 saturated carbocycles. The lowest BCUT2D eigenvalue weighted by atomic mass is 9.90. The molecular weight excluding hydrogens is 306 g/mol. The molecule has 2 aliphatic rings. The number of rotatable bonds is 3. The lowest BCUT2D eigenvalue weighted by Gasteiger charge is -2.50. The summed E-state index contributed by atoms with van der Waals surface area (Å²) in [6.45, 7) is 2.39. The minimum atomic E-state index is -0.732. The molecule has 2 aromatic rings. The first-order valence-electron chi connectivity index (χ1n) is 7.94. The molecule has 2 atom stereocenters. The summed E-state index contributed by atoms with van der Waals surface area (Å²) in [6.07, 6.45) is 4.16. The van der Waals surface area contributed by atoms with E-state index in [1.807, 2.05) is 37.3 Å². The smallest absolute Gasteiger partial charge is 0.321 e. The molecule has 0 spiro atoms. The fourth-order valence-corrected chi connectivity index (χ4v) is 3.48. The number of aromatic nitrogens is 1. The third kappa shape index (κ3) is 2.26. The maximum atomic E-state index is 12.7. The molecule has 24 heavy (non-hydrogen) atoms. The number of para-hydroxylation sites is 1. The van der Waals surface area contributed by atoms with E-state index in [0.717, 1.165) is 11.1 Å². The second kappa shape index (κ2) is 5.40. The van der Waals surface area contributed by atoms with Crippen LogP contribution in [0, 0.1) is 0 Å². The molecule has 0 radical (unpaired) electrons. The Balaban J connectivity index is 1.72. The van der Waals surface area contributed by atoms with Crippen molar-refractivity contribution in [3.8, 4) is 11.5 Å². The molecule has 2 bridgehead atoms. The molecule has 6 nitrogen and oxygen atoms in total. The van der Waals surface area contributed by atoms with Gasteiger partial charge in [0.05, 0.1) is 19.7 Å². The van der Waals surface area contributed by atoms with Gasteiger partial charge in [0.25, 0.3) is 0 Å². The second-order valence-corrected chi connectivity index (χ2v) is 6.31. The Hall–Kier alpha value is -2.76. The number of hydrogen-bond acceptors (Lipinski definition) is 4. The fraction of sp³-hybridized carbons (Fsp3) is 0.333. The Bertz CT molecular complexity index is 780. The number of ether oxygens (including phenoxy) is 2. The van der Waals surface area contributed by atoms with Gasteiger partial charge in [-0.25, -0.2) is 4.79 Å². The van der Waals surface area contributed by atoms with E-state index in [4.69, 9.17) is 9.47 Å². The fourth-order valence-electron chi connectivity index (χ4n) is 3.48. The maximum absolute atomic E-state index is 12.7. The van der Waals surface area contributed by atoms with E-state index < -0.39 is 5.72 Å². The Morgan fingerprint density at radius 3 is 3.04 bits per heavy atom. The minimum Gasteiger partial charge on any atom is -0.493 e. The molecule has 0 aliphatic carbocycles. The van der Waals surface area contributed by atoms with Gasteiger partial charge >= 0.3 is 6.03 Å². The van der Waals surface area contributed by atoms with Gasteiger partial charge < -0.3 is 14.8 Å². The quantitative estimate of drug-likeness (QED) is 0.942. The van der Waals surface area contributed by atoms with Crippen molar-refractivity contribution in [2.24, 2.45) is 0 Å². The van der Waals surface area contributed by atoms with Crippen LogP contribution in [0.4, 0.5) is 4.79 Å². The highest BCUT2D eigenvalue weighted by molar-refractivity contribution is 5.77.